The van der Waals surface area contributed by atoms with Crippen LogP contribution in [0, 0.1) is 6.92 Å². The van der Waals surface area contributed by atoms with Gasteiger partial charge in [0, 0.05) is 7.05 Å². The molecule has 0 aliphatic rings. The molecule has 1 amide bonds. The lowest BCUT2D eigenvalue weighted by molar-refractivity contribution is 0.101. The standard InChI is InChI=1S/C9H9BrN4OS/c1-5-3-6(14(2)13-5)8(15)12-9-11-4-7(10)16-9/h3-4H,1-2H3,(H,11,12,15). The molecule has 2 rings (SSSR count). The highest BCUT2D eigenvalue weighted by Gasteiger charge is 2.13. The summed E-state index contributed by atoms with van der Waals surface area (Å²) in [6.45, 7) is 1.84. The maximum atomic E-state index is 11.8. The number of aromatic nitrogens is 3. The van der Waals surface area contributed by atoms with E-state index in [-0.39, 0.29) is 5.91 Å². The van der Waals surface area contributed by atoms with Crippen molar-refractivity contribution in [1.82, 2.24) is 14.8 Å². The van der Waals surface area contributed by atoms with E-state index in [0.29, 0.717) is 10.8 Å². The van der Waals surface area contributed by atoms with Gasteiger partial charge in [-0.05, 0) is 28.9 Å². The zero-order valence-electron chi connectivity index (χ0n) is 8.69. The van der Waals surface area contributed by atoms with E-state index >= 15 is 0 Å². The molecule has 0 aliphatic heterocycles. The summed E-state index contributed by atoms with van der Waals surface area (Å²) in [7, 11) is 1.74. The normalized spacial score (nSPS) is 10.4. The van der Waals surface area contributed by atoms with Gasteiger partial charge in [0.25, 0.3) is 5.91 Å². The van der Waals surface area contributed by atoms with Crippen molar-refractivity contribution >= 4 is 38.3 Å². The van der Waals surface area contributed by atoms with Crippen molar-refractivity contribution in [3.63, 3.8) is 0 Å². The summed E-state index contributed by atoms with van der Waals surface area (Å²) in [4.78, 5) is 15.9. The molecule has 1 N–H and O–H groups in total. The first-order valence-electron chi connectivity index (χ1n) is 4.49. The van der Waals surface area contributed by atoms with Gasteiger partial charge in [-0.2, -0.15) is 5.10 Å². The van der Waals surface area contributed by atoms with Crippen LogP contribution >= 0.6 is 27.3 Å². The summed E-state index contributed by atoms with van der Waals surface area (Å²) in [6.07, 6.45) is 1.65. The van der Waals surface area contributed by atoms with Crippen LogP contribution in [0.4, 0.5) is 5.13 Å². The molecule has 0 saturated carbocycles. The lowest BCUT2D eigenvalue weighted by Gasteiger charge is -2.00. The van der Waals surface area contributed by atoms with Crippen LogP contribution in [-0.4, -0.2) is 20.7 Å². The Morgan fingerprint density at radius 1 is 1.62 bits per heavy atom. The Hall–Kier alpha value is -1.21. The quantitative estimate of drug-likeness (QED) is 0.925. The van der Waals surface area contributed by atoms with Gasteiger partial charge < -0.3 is 0 Å². The molecule has 0 aromatic carbocycles. The minimum atomic E-state index is -0.204. The molecule has 2 heterocycles. The van der Waals surface area contributed by atoms with E-state index < -0.39 is 0 Å². The van der Waals surface area contributed by atoms with Crippen LogP contribution in [0.15, 0.2) is 16.0 Å². The van der Waals surface area contributed by atoms with E-state index in [2.05, 4.69) is 31.3 Å². The smallest absolute Gasteiger partial charge is 0.275 e. The van der Waals surface area contributed by atoms with Gasteiger partial charge in [-0.25, -0.2) is 4.98 Å². The minimum Gasteiger partial charge on any atom is -0.296 e. The van der Waals surface area contributed by atoms with E-state index in [1.807, 2.05) is 6.92 Å². The number of aryl methyl sites for hydroxylation is 2. The fourth-order valence-corrected chi connectivity index (χ4v) is 2.40. The molecule has 0 atom stereocenters. The fraction of sp³-hybridized carbons (Fsp3) is 0.222. The van der Waals surface area contributed by atoms with Gasteiger partial charge in [0.2, 0.25) is 0 Å². The van der Waals surface area contributed by atoms with Crippen LogP contribution in [0.25, 0.3) is 0 Å². The summed E-state index contributed by atoms with van der Waals surface area (Å²) in [5.74, 6) is -0.204. The van der Waals surface area contributed by atoms with Crippen LogP contribution in [-0.2, 0) is 7.05 Å². The molecule has 0 fully saturated rings. The topological polar surface area (TPSA) is 59.8 Å². The van der Waals surface area contributed by atoms with Gasteiger partial charge >= 0.3 is 0 Å². The maximum Gasteiger partial charge on any atom is 0.275 e. The number of carbonyl (C=O) groups excluding carboxylic acids is 1. The molecule has 2 aromatic heterocycles. The Kier molecular flexibility index (Phi) is 3.06. The first-order chi connectivity index (χ1) is 7.56. The van der Waals surface area contributed by atoms with E-state index in [1.165, 1.54) is 11.3 Å². The predicted octanol–water partition coefficient (Wildman–Crippen LogP) is 2.20. The SMILES string of the molecule is Cc1cc(C(=O)Nc2ncc(Br)s2)n(C)n1. The first kappa shape index (κ1) is 11.3. The highest BCUT2D eigenvalue weighted by molar-refractivity contribution is 9.11. The number of hydrogen-bond donors (Lipinski definition) is 1. The number of thiazole rings is 1. The van der Waals surface area contributed by atoms with E-state index in [0.717, 1.165) is 9.48 Å². The molecule has 7 heteroatoms. The lowest BCUT2D eigenvalue weighted by atomic mass is 10.3. The zero-order valence-corrected chi connectivity index (χ0v) is 11.1. The molecule has 84 valence electrons. The summed E-state index contributed by atoms with van der Waals surface area (Å²) in [5, 5.41) is 7.38. The van der Waals surface area contributed by atoms with Gasteiger partial charge in [0.05, 0.1) is 15.7 Å². The van der Waals surface area contributed by atoms with Crippen molar-refractivity contribution in [1.29, 1.82) is 0 Å². The van der Waals surface area contributed by atoms with Crippen molar-refractivity contribution in [2.45, 2.75) is 6.92 Å². The molecule has 5 nitrogen and oxygen atoms in total. The number of nitrogens with one attached hydrogen (secondary N) is 1. The third-order valence-electron chi connectivity index (χ3n) is 1.93. The highest BCUT2D eigenvalue weighted by atomic mass is 79.9. The zero-order chi connectivity index (χ0) is 11.7. The van der Waals surface area contributed by atoms with E-state index in [9.17, 15) is 4.79 Å². The molecule has 0 radical (unpaired) electrons. The van der Waals surface area contributed by atoms with Crippen LogP contribution in [0.2, 0.25) is 0 Å². The average molecular weight is 301 g/mol. The Balaban J connectivity index is 2.17. The van der Waals surface area contributed by atoms with Gasteiger partial charge in [-0.15, -0.1) is 0 Å². The van der Waals surface area contributed by atoms with E-state index in [1.54, 1.807) is 24.0 Å². The summed E-state index contributed by atoms with van der Waals surface area (Å²) < 4.78 is 2.43. The van der Waals surface area contributed by atoms with Crippen molar-refractivity contribution in [2.75, 3.05) is 5.32 Å². The van der Waals surface area contributed by atoms with Gasteiger partial charge in [0.15, 0.2) is 5.13 Å². The monoisotopic (exact) mass is 300 g/mol. The second kappa shape index (κ2) is 4.34. The van der Waals surface area contributed by atoms with Crippen LogP contribution in [0.5, 0.6) is 0 Å². The summed E-state index contributed by atoms with van der Waals surface area (Å²) in [5.41, 5.74) is 1.33. The van der Waals surface area contributed by atoms with Gasteiger partial charge in [-0.3, -0.25) is 14.8 Å². The largest absolute Gasteiger partial charge is 0.296 e. The van der Waals surface area contributed by atoms with Crippen molar-refractivity contribution in [3.8, 4) is 0 Å². The Morgan fingerprint density at radius 2 is 2.38 bits per heavy atom. The van der Waals surface area contributed by atoms with Crippen LogP contribution < -0.4 is 5.32 Å². The van der Waals surface area contributed by atoms with Gasteiger partial charge in [0.1, 0.15) is 5.69 Å². The van der Waals surface area contributed by atoms with Crippen molar-refractivity contribution < 1.29 is 4.79 Å². The number of rotatable bonds is 2. The molecular formula is C9H9BrN4OS. The summed E-state index contributed by atoms with van der Waals surface area (Å²) >= 11 is 4.65. The molecule has 2 aromatic rings. The maximum absolute atomic E-state index is 11.8. The fourth-order valence-electron chi connectivity index (χ4n) is 1.30. The molecule has 0 unspecified atom stereocenters. The number of nitrogens with zero attached hydrogens (tertiary/aromatic N) is 3. The third-order valence-corrected chi connectivity index (χ3v) is 3.32. The molecule has 0 spiro atoms. The molecule has 0 saturated heterocycles. The number of halogens is 1. The van der Waals surface area contributed by atoms with E-state index in [4.69, 9.17) is 0 Å². The number of amides is 1. The van der Waals surface area contributed by atoms with Crippen molar-refractivity contribution in [2.24, 2.45) is 7.05 Å². The lowest BCUT2D eigenvalue weighted by Crippen LogP contribution is -2.15. The third kappa shape index (κ3) is 2.30. The van der Waals surface area contributed by atoms with Gasteiger partial charge in [-0.1, -0.05) is 11.3 Å². The number of hydrogen-bond acceptors (Lipinski definition) is 4. The van der Waals surface area contributed by atoms with Crippen LogP contribution in [0.3, 0.4) is 0 Å². The molecule has 0 bridgehead atoms. The molecule has 16 heavy (non-hydrogen) atoms. The van der Waals surface area contributed by atoms with Crippen molar-refractivity contribution in [3.05, 3.63) is 27.4 Å². The number of carbonyl (C=O) groups is 1. The Morgan fingerprint density at radius 3 is 2.88 bits per heavy atom. The second-order valence-corrected chi connectivity index (χ2v) is 5.63. The Bertz CT molecular complexity index is 533. The van der Waals surface area contributed by atoms with Crippen LogP contribution in [0.1, 0.15) is 16.2 Å². The first-order valence-corrected chi connectivity index (χ1v) is 6.10. The second-order valence-electron chi connectivity index (χ2n) is 3.22. The average Bonchev–Trinajstić information content (AvgIpc) is 2.73. The predicted molar refractivity (Wildman–Crippen MR) is 65.7 cm³/mol. The number of anilines is 1. The molecular weight excluding hydrogens is 292 g/mol. The minimum absolute atomic E-state index is 0.204. The highest BCUT2D eigenvalue weighted by Crippen LogP contribution is 2.23. The molecule has 0 aliphatic carbocycles. The Labute approximate surface area is 105 Å². The summed E-state index contributed by atoms with van der Waals surface area (Å²) in [6, 6.07) is 1.73.